The number of rotatable bonds is 4. The molecule has 1 aromatic rings. The van der Waals surface area contributed by atoms with Gasteiger partial charge in [0.15, 0.2) is 0 Å². The summed E-state index contributed by atoms with van der Waals surface area (Å²) in [5, 5.41) is 3.36. The van der Waals surface area contributed by atoms with Crippen molar-refractivity contribution < 1.29 is 13.2 Å². The van der Waals surface area contributed by atoms with Crippen LogP contribution in [0.3, 0.4) is 0 Å². The van der Waals surface area contributed by atoms with Crippen LogP contribution in [0.5, 0.6) is 0 Å². The van der Waals surface area contributed by atoms with Crippen LogP contribution in [0, 0.1) is 6.92 Å². The van der Waals surface area contributed by atoms with E-state index in [4.69, 9.17) is 0 Å². The highest BCUT2D eigenvalue weighted by atomic mass is 32.2. The van der Waals surface area contributed by atoms with E-state index in [1.807, 2.05) is 39.0 Å². The number of hydrogen-bond acceptors (Lipinski definition) is 5. The van der Waals surface area contributed by atoms with Gasteiger partial charge in [-0.3, -0.25) is 4.79 Å². The summed E-state index contributed by atoms with van der Waals surface area (Å²) in [6, 6.07) is 8.58. The molecule has 8 heteroatoms. The van der Waals surface area contributed by atoms with Gasteiger partial charge in [-0.1, -0.05) is 12.1 Å². The fourth-order valence-electron chi connectivity index (χ4n) is 3.92. The van der Waals surface area contributed by atoms with Gasteiger partial charge in [0, 0.05) is 57.0 Å². The Balaban J connectivity index is 1.57. The lowest BCUT2D eigenvalue weighted by Gasteiger charge is -2.37. The molecule has 0 aromatic heterocycles. The van der Waals surface area contributed by atoms with Crippen LogP contribution in [-0.4, -0.2) is 80.6 Å². The van der Waals surface area contributed by atoms with Crippen molar-refractivity contribution in [2.45, 2.75) is 32.9 Å². The summed E-state index contributed by atoms with van der Waals surface area (Å²) in [6.07, 6.45) is 0. The third-order valence-corrected chi connectivity index (χ3v) is 6.98. The fourth-order valence-corrected chi connectivity index (χ4v) is 5.32. The van der Waals surface area contributed by atoms with E-state index in [1.165, 1.54) is 9.87 Å². The van der Waals surface area contributed by atoms with Gasteiger partial charge in [0.1, 0.15) is 5.75 Å². The summed E-state index contributed by atoms with van der Waals surface area (Å²) in [5.41, 5.74) is 2.31. The molecule has 150 valence electrons. The van der Waals surface area contributed by atoms with Gasteiger partial charge in [-0.2, -0.15) is 4.31 Å². The molecule has 2 unspecified atom stereocenters. The van der Waals surface area contributed by atoms with Gasteiger partial charge in [0.05, 0.1) is 0 Å². The molecule has 1 amide bonds. The lowest BCUT2D eigenvalue weighted by atomic mass is 10.1. The van der Waals surface area contributed by atoms with Crippen molar-refractivity contribution >= 4 is 21.6 Å². The van der Waals surface area contributed by atoms with Crippen LogP contribution in [0.15, 0.2) is 24.3 Å². The van der Waals surface area contributed by atoms with Crippen molar-refractivity contribution in [2.75, 3.05) is 49.9 Å². The summed E-state index contributed by atoms with van der Waals surface area (Å²) in [7, 11) is -3.59. The predicted molar refractivity (Wildman–Crippen MR) is 107 cm³/mol. The van der Waals surface area contributed by atoms with E-state index in [2.05, 4.69) is 16.3 Å². The maximum absolute atomic E-state index is 12.7. The third-order valence-electron chi connectivity index (χ3n) is 5.21. The molecule has 1 N–H and O–H groups in total. The molecule has 2 atom stereocenters. The number of benzene rings is 1. The monoisotopic (exact) mass is 394 g/mol. The second kappa shape index (κ2) is 8.16. The first-order valence-electron chi connectivity index (χ1n) is 9.58. The zero-order valence-electron chi connectivity index (χ0n) is 16.4. The Morgan fingerprint density at radius 1 is 1.11 bits per heavy atom. The van der Waals surface area contributed by atoms with E-state index >= 15 is 0 Å². The Labute approximate surface area is 162 Å². The zero-order chi connectivity index (χ0) is 19.6. The summed E-state index contributed by atoms with van der Waals surface area (Å²) in [4.78, 5) is 16.4. The highest BCUT2D eigenvalue weighted by molar-refractivity contribution is 7.89. The molecule has 2 fully saturated rings. The Morgan fingerprint density at radius 3 is 2.33 bits per heavy atom. The first kappa shape index (κ1) is 20.1. The molecule has 27 heavy (non-hydrogen) atoms. The summed E-state index contributed by atoms with van der Waals surface area (Å²) < 4.78 is 27.0. The molecule has 2 aliphatic heterocycles. The fraction of sp³-hybridized carbons (Fsp3) is 0.632. The predicted octanol–water partition coefficient (Wildman–Crippen LogP) is 0.656. The van der Waals surface area contributed by atoms with Gasteiger partial charge in [-0.25, -0.2) is 8.42 Å². The molecule has 1 aromatic carbocycles. The van der Waals surface area contributed by atoms with Crippen LogP contribution in [0.2, 0.25) is 0 Å². The van der Waals surface area contributed by atoms with Crippen molar-refractivity contribution in [2.24, 2.45) is 0 Å². The van der Waals surface area contributed by atoms with Crippen LogP contribution in [0.25, 0.3) is 0 Å². The SMILES string of the molecule is Cc1cccc(N2CCN(S(=O)(=O)CC(=O)N3CC(C)NC(C)C3)CC2)c1. The Hall–Kier alpha value is -1.64. The molecule has 7 nitrogen and oxygen atoms in total. The van der Waals surface area contributed by atoms with Crippen LogP contribution in [0.1, 0.15) is 19.4 Å². The molecule has 2 heterocycles. The minimum Gasteiger partial charge on any atom is -0.369 e. The molecule has 2 saturated heterocycles. The highest BCUT2D eigenvalue weighted by Gasteiger charge is 2.32. The smallest absolute Gasteiger partial charge is 0.239 e. The van der Waals surface area contributed by atoms with E-state index in [0.717, 1.165) is 5.69 Å². The number of amides is 1. The quantitative estimate of drug-likeness (QED) is 0.812. The zero-order valence-corrected chi connectivity index (χ0v) is 17.2. The van der Waals surface area contributed by atoms with E-state index < -0.39 is 15.8 Å². The second-order valence-electron chi connectivity index (χ2n) is 7.75. The molecule has 0 aliphatic carbocycles. The topological polar surface area (TPSA) is 73.0 Å². The maximum Gasteiger partial charge on any atom is 0.239 e. The van der Waals surface area contributed by atoms with Crippen LogP contribution < -0.4 is 10.2 Å². The molecular weight excluding hydrogens is 364 g/mol. The van der Waals surface area contributed by atoms with E-state index in [0.29, 0.717) is 39.3 Å². The number of sulfonamides is 1. The number of hydrogen-bond donors (Lipinski definition) is 1. The minimum atomic E-state index is -3.59. The summed E-state index contributed by atoms with van der Waals surface area (Å²) in [6.45, 7) is 9.28. The normalized spacial score (nSPS) is 24.9. The van der Waals surface area contributed by atoms with Gasteiger partial charge < -0.3 is 15.1 Å². The van der Waals surface area contributed by atoms with Crippen molar-refractivity contribution in [1.29, 1.82) is 0 Å². The number of aryl methyl sites for hydroxylation is 1. The van der Waals surface area contributed by atoms with Gasteiger partial charge in [0.2, 0.25) is 15.9 Å². The number of carbonyl (C=O) groups excluding carboxylic acids is 1. The third kappa shape index (κ3) is 5.00. The van der Waals surface area contributed by atoms with E-state index in [1.54, 1.807) is 4.90 Å². The average molecular weight is 395 g/mol. The molecule has 0 bridgehead atoms. The van der Waals surface area contributed by atoms with Crippen LogP contribution >= 0.6 is 0 Å². The number of piperazine rings is 2. The minimum absolute atomic E-state index is 0.179. The lowest BCUT2D eigenvalue weighted by molar-refractivity contribution is -0.130. The first-order chi connectivity index (χ1) is 12.7. The van der Waals surface area contributed by atoms with Crippen molar-refractivity contribution in [1.82, 2.24) is 14.5 Å². The first-order valence-corrected chi connectivity index (χ1v) is 11.2. The standard InChI is InChI=1S/C19H30N4O3S/c1-15-5-4-6-18(11-15)21-7-9-23(10-8-21)27(25,26)14-19(24)22-12-16(2)20-17(3)13-22/h4-6,11,16-17,20H,7-10,12-14H2,1-3H3. The Kier molecular flexibility index (Phi) is 6.08. The van der Waals surface area contributed by atoms with Crippen molar-refractivity contribution in [3.8, 4) is 0 Å². The Morgan fingerprint density at radius 2 is 1.74 bits per heavy atom. The number of nitrogens with zero attached hydrogens (tertiary/aromatic N) is 3. The van der Waals surface area contributed by atoms with Gasteiger partial charge in [-0.15, -0.1) is 0 Å². The Bertz CT molecular complexity index is 765. The highest BCUT2D eigenvalue weighted by Crippen LogP contribution is 2.19. The summed E-state index contributed by atoms with van der Waals surface area (Å²) >= 11 is 0. The molecule has 0 radical (unpaired) electrons. The number of anilines is 1. The summed E-state index contributed by atoms with van der Waals surface area (Å²) in [5.74, 6) is -0.729. The average Bonchev–Trinajstić information content (AvgIpc) is 2.60. The van der Waals surface area contributed by atoms with E-state index in [9.17, 15) is 13.2 Å². The molecular formula is C19H30N4O3S. The van der Waals surface area contributed by atoms with E-state index in [-0.39, 0.29) is 18.0 Å². The molecule has 3 rings (SSSR count). The van der Waals surface area contributed by atoms with Crippen molar-refractivity contribution in [3.05, 3.63) is 29.8 Å². The maximum atomic E-state index is 12.7. The number of nitrogens with one attached hydrogen (secondary N) is 1. The van der Waals surface area contributed by atoms with Crippen molar-refractivity contribution in [3.63, 3.8) is 0 Å². The molecule has 2 aliphatic rings. The van der Waals surface area contributed by atoms with Gasteiger partial charge in [0.25, 0.3) is 0 Å². The van der Waals surface area contributed by atoms with Crippen LogP contribution in [0.4, 0.5) is 5.69 Å². The van der Waals surface area contributed by atoms with Crippen LogP contribution in [-0.2, 0) is 14.8 Å². The van der Waals surface area contributed by atoms with Gasteiger partial charge >= 0.3 is 0 Å². The molecule has 0 saturated carbocycles. The second-order valence-corrected chi connectivity index (χ2v) is 9.72. The lowest BCUT2D eigenvalue weighted by Crippen LogP contribution is -2.57. The largest absolute Gasteiger partial charge is 0.369 e. The molecule has 0 spiro atoms. The van der Waals surface area contributed by atoms with Gasteiger partial charge in [-0.05, 0) is 38.5 Å². The number of carbonyl (C=O) groups is 1.